The number of aromatic nitrogens is 1. The van der Waals surface area contributed by atoms with Crippen LogP contribution in [-0.4, -0.2) is 4.98 Å². The van der Waals surface area contributed by atoms with E-state index in [1.54, 1.807) is 0 Å². The molecule has 1 nitrogen and oxygen atoms in total. The van der Waals surface area contributed by atoms with E-state index in [-0.39, 0.29) is 19.5 Å². The molecule has 0 aromatic carbocycles. The van der Waals surface area contributed by atoms with Crippen LogP contribution in [0.2, 0.25) is 0 Å². The van der Waals surface area contributed by atoms with Crippen molar-refractivity contribution in [1.82, 2.24) is 4.98 Å². The summed E-state index contributed by atoms with van der Waals surface area (Å²) in [7, 11) is 0. The van der Waals surface area contributed by atoms with Crippen molar-refractivity contribution in [2.75, 3.05) is 0 Å². The van der Waals surface area contributed by atoms with Crippen molar-refractivity contribution >= 4 is 0 Å². The van der Waals surface area contributed by atoms with E-state index >= 15 is 0 Å². The summed E-state index contributed by atoms with van der Waals surface area (Å²) in [5.41, 5.74) is 0. The first kappa shape index (κ1) is 5.90. The third-order valence-electron chi connectivity index (χ3n) is 0.442. The molecule has 0 fully saturated rings. The molecule has 1 N–H and O–H groups in total. The van der Waals surface area contributed by atoms with Crippen LogP contribution in [0.3, 0.4) is 0 Å². The Morgan fingerprint density at radius 3 is 2.50 bits per heavy atom. The molecule has 1 aromatic rings. The van der Waals surface area contributed by atoms with E-state index in [4.69, 9.17) is 0 Å². The van der Waals surface area contributed by atoms with Crippen LogP contribution in [0, 0.1) is 6.20 Å². The molecule has 1 aromatic heterocycles. The van der Waals surface area contributed by atoms with Crippen LogP contribution in [0.25, 0.3) is 0 Å². The van der Waals surface area contributed by atoms with Gasteiger partial charge in [-0.2, -0.15) is 18.3 Å². The first-order valence-electron chi connectivity index (χ1n) is 1.49. The average molecular weight is 167 g/mol. The van der Waals surface area contributed by atoms with Gasteiger partial charge in [0, 0.05) is 0 Å². The second-order valence-corrected chi connectivity index (χ2v) is 0.814. The maximum atomic E-state index is 2.74. The molecule has 2 heteroatoms. The average Bonchev–Trinajstić information content (AvgIpc) is 1.76. The monoisotopic (exact) mass is 168 g/mol. The molecule has 6 heavy (non-hydrogen) atoms. The van der Waals surface area contributed by atoms with Crippen molar-refractivity contribution in [3.8, 4) is 0 Å². The van der Waals surface area contributed by atoms with Crippen LogP contribution in [0.15, 0.2) is 18.3 Å². The number of aromatic amines is 1. The predicted molar refractivity (Wildman–Crippen MR) is 19.6 cm³/mol. The molecule has 0 bridgehead atoms. The Morgan fingerprint density at radius 1 is 1.50 bits per heavy atom. The quantitative estimate of drug-likeness (QED) is 0.435. The fourth-order valence-electron chi connectivity index (χ4n) is 0.241. The van der Waals surface area contributed by atoms with Gasteiger partial charge in [-0.25, -0.2) is 0 Å². The maximum Gasteiger partial charge on any atom is 1.00 e. The first-order chi connectivity index (χ1) is 2.50. The number of hydrogen-bond donors (Lipinski definition) is 1. The summed E-state index contributed by atoms with van der Waals surface area (Å²) in [4.78, 5) is 2.74. The molecule has 0 spiro atoms. The second kappa shape index (κ2) is 3.11. The smallest absolute Gasteiger partial charge is 0.484 e. The Kier molecular flexibility index (Phi) is 3.06. The molecule has 1 rings (SSSR count). The van der Waals surface area contributed by atoms with E-state index in [1.807, 2.05) is 18.3 Å². The van der Waals surface area contributed by atoms with Crippen molar-refractivity contribution in [3.63, 3.8) is 0 Å². The predicted octanol–water partition coefficient (Wildman–Crippen LogP) is 0.812. The van der Waals surface area contributed by atoms with Gasteiger partial charge < -0.3 is 4.98 Å². The SMILES string of the molecule is [Ru+].[c-]1ccc[nH]1. The van der Waals surface area contributed by atoms with Gasteiger partial charge in [0.05, 0.1) is 0 Å². The topological polar surface area (TPSA) is 15.8 Å². The molecule has 0 atom stereocenters. The van der Waals surface area contributed by atoms with E-state index in [0.29, 0.717) is 0 Å². The van der Waals surface area contributed by atoms with Gasteiger partial charge in [-0.05, 0) is 0 Å². The van der Waals surface area contributed by atoms with Crippen LogP contribution in [0.5, 0.6) is 0 Å². The minimum absolute atomic E-state index is 0. The van der Waals surface area contributed by atoms with Gasteiger partial charge in [-0.3, -0.25) is 0 Å². The fraction of sp³-hybridized carbons (Fsp3) is 0. The Morgan fingerprint density at radius 2 is 2.33 bits per heavy atom. The summed E-state index contributed by atoms with van der Waals surface area (Å²) < 4.78 is 0. The number of rotatable bonds is 0. The zero-order valence-electron chi connectivity index (χ0n) is 3.09. The van der Waals surface area contributed by atoms with Crippen molar-refractivity contribution in [2.45, 2.75) is 0 Å². The van der Waals surface area contributed by atoms with E-state index in [9.17, 15) is 0 Å². The molecule has 0 aliphatic carbocycles. The van der Waals surface area contributed by atoms with E-state index in [0.717, 1.165) is 0 Å². The Bertz CT molecular complexity index is 64.0. The number of H-pyrrole nitrogens is 1. The van der Waals surface area contributed by atoms with Gasteiger partial charge in [-0.15, -0.1) is 6.20 Å². The largest absolute Gasteiger partial charge is 1.00 e. The van der Waals surface area contributed by atoms with Crippen LogP contribution in [-0.2, 0) is 19.5 Å². The zero-order valence-corrected chi connectivity index (χ0v) is 4.82. The van der Waals surface area contributed by atoms with Crippen LogP contribution in [0.1, 0.15) is 0 Å². The van der Waals surface area contributed by atoms with Crippen molar-refractivity contribution in [2.24, 2.45) is 0 Å². The summed E-state index contributed by atoms with van der Waals surface area (Å²) in [6, 6.07) is 3.71. The van der Waals surface area contributed by atoms with Gasteiger partial charge in [0.25, 0.3) is 0 Å². The summed E-state index contributed by atoms with van der Waals surface area (Å²) in [5.74, 6) is 0. The van der Waals surface area contributed by atoms with Crippen LogP contribution >= 0.6 is 0 Å². The van der Waals surface area contributed by atoms with Crippen molar-refractivity contribution < 1.29 is 19.5 Å². The van der Waals surface area contributed by atoms with Crippen LogP contribution < -0.4 is 0 Å². The van der Waals surface area contributed by atoms with Gasteiger partial charge in [0.2, 0.25) is 0 Å². The molecule has 33 valence electrons. The summed E-state index contributed by atoms with van der Waals surface area (Å²) in [5, 5.41) is 0. The van der Waals surface area contributed by atoms with Gasteiger partial charge in [0.1, 0.15) is 0 Å². The van der Waals surface area contributed by atoms with Gasteiger partial charge in [-0.1, -0.05) is 0 Å². The molecule has 0 amide bonds. The molecule has 0 aliphatic rings. The maximum absolute atomic E-state index is 2.74. The minimum atomic E-state index is 0. The molecule has 0 unspecified atom stereocenters. The van der Waals surface area contributed by atoms with Crippen molar-refractivity contribution in [1.29, 1.82) is 0 Å². The summed E-state index contributed by atoms with van der Waals surface area (Å²) >= 11 is 0. The second-order valence-electron chi connectivity index (χ2n) is 0.814. The third-order valence-corrected chi connectivity index (χ3v) is 0.442. The molecule has 0 aliphatic heterocycles. The molecule has 1 heterocycles. The molecular weight excluding hydrogens is 163 g/mol. The standard InChI is InChI=1S/C4H4N.Ru/c1-2-4-5-3-1;/h1-3,5H;/q-1;+1. The molecular formula is C4H4NRu. The van der Waals surface area contributed by atoms with Gasteiger partial charge >= 0.3 is 19.5 Å². The molecule has 1 radical (unpaired) electrons. The molecule has 0 saturated heterocycles. The zero-order chi connectivity index (χ0) is 3.54. The minimum Gasteiger partial charge on any atom is -0.484 e. The first-order valence-corrected chi connectivity index (χ1v) is 1.49. The molecule has 0 saturated carbocycles. The summed E-state index contributed by atoms with van der Waals surface area (Å²) in [6.45, 7) is 0. The van der Waals surface area contributed by atoms with E-state index < -0.39 is 0 Å². The Balaban J connectivity index is 0.000000250. The Hall–Kier alpha value is -0.0966. The summed E-state index contributed by atoms with van der Waals surface area (Å²) in [6.07, 6.45) is 4.56. The Labute approximate surface area is 49.5 Å². The van der Waals surface area contributed by atoms with Crippen molar-refractivity contribution in [3.05, 3.63) is 24.5 Å². The van der Waals surface area contributed by atoms with Crippen LogP contribution in [0.4, 0.5) is 0 Å². The fourth-order valence-corrected chi connectivity index (χ4v) is 0.241. The van der Waals surface area contributed by atoms with E-state index in [2.05, 4.69) is 11.2 Å². The van der Waals surface area contributed by atoms with E-state index in [1.165, 1.54) is 0 Å². The normalized spacial score (nSPS) is 6.67. The third kappa shape index (κ3) is 1.37. The number of nitrogens with one attached hydrogen (secondary N) is 1. The number of hydrogen-bond acceptors (Lipinski definition) is 0. The van der Waals surface area contributed by atoms with Gasteiger partial charge in [0.15, 0.2) is 0 Å².